The molecule has 20 heavy (non-hydrogen) atoms. The smallest absolute Gasteiger partial charge is 0.326 e. The van der Waals surface area contributed by atoms with E-state index in [4.69, 9.17) is 4.74 Å². The highest BCUT2D eigenvalue weighted by Gasteiger charge is 2.51. The van der Waals surface area contributed by atoms with Gasteiger partial charge in [-0.1, -0.05) is 0 Å². The molecule has 0 aliphatic heterocycles. The van der Waals surface area contributed by atoms with E-state index in [0.29, 0.717) is 18.9 Å². The second-order valence-electron chi connectivity index (χ2n) is 6.99. The molecule has 1 amide bonds. The number of rotatable bonds is 7. The molecule has 0 heterocycles. The van der Waals surface area contributed by atoms with Crippen LogP contribution < -0.4 is 5.32 Å². The Morgan fingerprint density at radius 3 is 2.50 bits per heavy atom. The number of ether oxygens (including phenoxy) is 1. The third kappa shape index (κ3) is 4.47. The lowest BCUT2D eigenvalue weighted by atomic mass is 10.1. The molecular formula is C15H25NO4. The fourth-order valence-corrected chi connectivity index (χ4v) is 2.58. The highest BCUT2D eigenvalue weighted by molar-refractivity contribution is 5.86. The first-order valence-corrected chi connectivity index (χ1v) is 7.45. The van der Waals surface area contributed by atoms with Gasteiger partial charge in [0.15, 0.2) is 0 Å². The van der Waals surface area contributed by atoms with Crippen molar-refractivity contribution in [3.63, 3.8) is 0 Å². The predicted octanol–water partition coefficient (Wildman–Crippen LogP) is 1.81. The van der Waals surface area contributed by atoms with Crippen LogP contribution in [0.25, 0.3) is 0 Å². The summed E-state index contributed by atoms with van der Waals surface area (Å²) in [5.74, 6) is 0.200. The van der Waals surface area contributed by atoms with Crippen LogP contribution in [-0.4, -0.2) is 35.2 Å². The topological polar surface area (TPSA) is 75.6 Å². The maximum Gasteiger partial charge on any atom is 0.326 e. The molecule has 0 radical (unpaired) electrons. The van der Waals surface area contributed by atoms with Gasteiger partial charge in [0.05, 0.1) is 5.60 Å². The van der Waals surface area contributed by atoms with Crippen LogP contribution in [0, 0.1) is 17.8 Å². The molecular weight excluding hydrogens is 258 g/mol. The van der Waals surface area contributed by atoms with Gasteiger partial charge in [0.25, 0.3) is 0 Å². The summed E-state index contributed by atoms with van der Waals surface area (Å²) >= 11 is 0. The van der Waals surface area contributed by atoms with E-state index in [1.165, 1.54) is 12.8 Å². The summed E-state index contributed by atoms with van der Waals surface area (Å²) in [6.07, 6.45) is 3.70. The largest absolute Gasteiger partial charge is 0.480 e. The van der Waals surface area contributed by atoms with Crippen LogP contribution >= 0.6 is 0 Å². The van der Waals surface area contributed by atoms with E-state index in [1.807, 2.05) is 20.8 Å². The van der Waals surface area contributed by atoms with Crippen molar-refractivity contribution in [1.29, 1.82) is 0 Å². The Labute approximate surface area is 120 Å². The number of carbonyl (C=O) groups excluding carboxylic acids is 1. The molecule has 0 aromatic heterocycles. The molecule has 0 saturated heterocycles. The van der Waals surface area contributed by atoms with Crippen molar-refractivity contribution in [1.82, 2.24) is 5.32 Å². The van der Waals surface area contributed by atoms with Gasteiger partial charge in [0.2, 0.25) is 5.91 Å². The van der Waals surface area contributed by atoms with Crippen LogP contribution in [0.2, 0.25) is 0 Å². The zero-order chi connectivity index (χ0) is 14.9. The molecule has 5 heteroatoms. The fraction of sp³-hybridized carbons (Fsp3) is 0.867. The zero-order valence-electron chi connectivity index (χ0n) is 12.5. The summed E-state index contributed by atoms with van der Waals surface area (Å²) in [4.78, 5) is 23.2. The fourth-order valence-electron chi connectivity index (χ4n) is 2.58. The Bertz CT molecular complexity index is 384. The van der Waals surface area contributed by atoms with Gasteiger partial charge in [0, 0.05) is 18.9 Å². The van der Waals surface area contributed by atoms with Crippen molar-refractivity contribution in [2.75, 3.05) is 6.61 Å². The van der Waals surface area contributed by atoms with Gasteiger partial charge in [-0.2, -0.15) is 0 Å². The highest BCUT2D eigenvalue weighted by Crippen LogP contribution is 2.54. The quantitative estimate of drug-likeness (QED) is 0.747. The first kappa shape index (κ1) is 15.3. The van der Waals surface area contributed by atoms with Gasteiger partial charge in [-0.05, 0) is 51.9 Å². The van der Waals surface area contributed by atoms with Gasteiger partial charge >= 0.3 is 5.97 Å². The van der Waals surface area contributed by atoms with E-state index in [2.05, 4.69) is 5.32 Å². The third-order valence-corrected chi connectivity index (χ3v) is 3.96. The molecule has 3 unspecified atom stereocenters. The highest BCUT2D eigenvalue weighted by atomic mass is 16.5. The van der Waals surface area contributed by atoms with Crippen LogP contribution in [0.3, 0.4) is 0 Å². The molecule has 2 rings (SSSR count). The molecule has 0 spiro atoms. The van der Waals surface area contributed by atoms with Crippen molar-refractivity contribution in [3.05, 3.63) is 0 Å². The van der Waals surface area contributed by atoms with Crippen LogP contribution in [-0.2, 0) is 14.3 Å². The van der Waals surface area contributed by atoms with Gasteiger partial charge in [0.1, 0.15) is 6.04 Å². The van der Waals surface area contributed by atoms with E-state index in [9.17, 15) is 14.7 Å². The molecule has 5 nitrogen and oxygen atoms in total. The minimum absolute atomic E-state index is 0.0490. The Morgan fingerprint density at radius 2 is 2.00 bits per heavy atom. The van der Waals surface area contributed by atoms with Crippen LogP contribution in [0.1, 0.15) is 46.5 Å². The van der Waals surface area contributed by atoms with Crippen LogP contribution in [0.5, 0.6) is 0 Å². The second kappa shape index (κ2) is 5.72. The van der Waals surface area contributed by atoms with Crippen molar-refractivity contribution in [3.8, 4) is 0 Å². The number of aliphatic carboxylic acids is 1. The second-order valence-corrected chi connectivity index (χ2v) is 6.99. The number of carboxylic acid groups (broad SMARTS) is 1. The minimum Gasteiger partial charge on any atom is -0.480 e. The number of amides is 1. The van der Waals surface area contributed by atoms with Gasteiger partial charge in [-0.15, -0.1) is 0 Å². The Kier molecular flexibility index (Phi) is 4.37. The SMILES string of the molecule is CC(C)(C)OCCC(NC(=O)C1CC1C1CC1)C(=O)O. The lowest BCUT2D eigenvalue weighted by molar-refractivity contribution is -0.143. The van der Waals surface area contributed by atoms with Crippen LogP contribution in [0.15, 0.2) is 0 Å². The van der Waals surface area contributed by atoms with E-state index in [0.717, 1.165) is 12.3 Å². The molecule has 2 N–H and O–H groups in total. The van der Waals surface area contributed by atoms with Crippen molar-refractivity contribution >= 4 is 11.9 Å². The number of hydrogen-bond donors (Lipinski definition) is 2. The number of hydrogen-bond acceptors (Lipinski definition) is 3. The van der Waals surface area contributed by atoms with Gasteiger partial charge in [-0.3, -0.25) is 4.79 Å². The number of nitrogens with one attached hydrogen (secondary N) is 1. The molecule has 2 saturated carbocycles. The average molecular weight is 283 g/mol. The third-order valence-electron chi connectivity index (χ3n) is 3.96. The van der Waals surface area contributed by atoms with Crippen molar-refractivity contribution in [2.24, 2.45) is 17.8 Å². The molecule has 2 fully saturated rings. The van der Waals surface area contributed by atoms with Crippen LogP contribution in [0.4, 0.5) is 0 Å². The molecule has 3 atom stereocenters. The molecule has 114 valence electrons. The zero-order valence-corrected chi connectivity index (χ0v) is 12.5. The predicted molar refractivity (Wildman–Crippen MR) is 74.2 cm³/mol. The summed E-state index contributed by atoms with van der Waals surface area (Å²) in [5.41, 5.74) is -0.291. The average Bonchev–Trinajstić information content (AvgIpc) is 3.14. The lowest BCUT2D eigenvalue weighted by Gasteiger charge is -2.21. The first-order chi connectivity index (χ1) is 9.28. The van der Waals surface area contributed by atoms with E-state index in [1.54, 1.807) is 0 Å². The van der Waals surface area contributed by atoms with Crippen molar-refractivity contribution in [2.45, 2.75) is 58.1 Å². The Balaban J connectivity index is 1.74. The van der Waals surface area contributed by atoms with Gasteiger partial charge in [-0.25, -0.2) is 4.79 Å². The maximum atomic E-state index is 12.0. The monoisotopic (exact) mass is 283 g/mol. The normalized spacial score (nSPS) is 26.9. The summed E-state index contributed by atoms with van der Waals surface area (Å²) in [6.45, 7) is 6.10. The minimum atomic E-state index is -0.987. The Morgan fingerprint density at radius 1 is 1.35 bits per heavy atom. The molecule has 0 aromatic carbocycles. The summed E-state index contributed by atoms with van der Waals surface area (Å²) in [6, 6.07) is -0.842. The lowest BCUT2D eigenvalue weighted by Crippen LogP contribution is -2.43. The Hall–Kier alpha value is -1.10. The standard InChI is InChI=1S/C15H25NO4/c1-15(2,3)20-7-6-12(14(18)19)16-13(17)11-8-10(11)9-4-5-9/h9-12H,4-8H2,1-3H3,(H,16,17)(H,18,19). The van der Waals surface area contributed by atoms with E-state index < -0.39 is 12.0 Å². The maximum absolute atomic E-state index is 12.0. The molecule has 2 aliphatic carbocycles. The number of carbonyl (C=O) groups is 2. The molecule has 2 aliphatic rings. The molecule has 0 aromatic rings. The summed E-state index contributed by atoms with van der Waals surface area (Å²) in [7, 11) is 0. The molecule has 0 bridgehead atoms. The summed E-state index contributed by atoms with van der Waals surface area (Å²) in [5, 5.41) is 11.8. The van der Waals surface area contributed by atoms with E-state index in [-0.39, 0.29) is 17.4 Å². The van der Waals surface area contributed by atoms with Crippen molar-refractivity contribution < 1.29 is 19.4 Å². The van der Waals surface area contributed by atoms with E-state index >= 15 is 0 Å². The first-order valence-electron chi connectivity index (χ1n) is 7.45. The van der Waals surface area contributed by atoms with Gasteiger partial charge < -0.3 is 15.2 Å². The number of carboxylic acids is 1. The summed E-state index contributed by atoms with van der Waals surface area (Å²) < 4.78 is 5.52.